The van der Waals surface area contributed by atoms with E-state index in [9.17, 15) is 10.2 Å². The summed E-state index contributed by atoms with van der Waals surface area (Å²) in [5.74, 6) is -0.121. The van der Waals surface area contributed by atoms with E-state index in [4.69, 9.17) is 0 Å². The first kappa shape index (κ1) is 33.1. The van der Waals surface area contributed by atoms with E-state index in [2.05, 4.69) is 194 Å². The molecule has 0 saturated heterocycles. The molecule has 14 aromatic rings. The smallest absolute Gasteiger partial charge is 0.166 e. The summed E-state index contributed by atoms with van der Waals surface area (Å²) < 4.78 is 0. The lowest BCUT2D eigenvalue weighted by Crippen LogP contribution is -1.90. The Morgan fingerprint density at radius 3 is 0.767 bits per heavy atom. The van der Waals surface area contributed by atoms with Crippen molar-refractivity contribution in [3.63, 3.8) is 0 Å². The van der Waals surface area contributed by atoms with E-state index in [-0.39, 0.29) is 11.5 Å². The monoisotopic (exact) mass is 762 g/mol. The average Bonchev–Trinajstić information content (AvgIpc) is 3.29. The Balaban J connectivity index is 0.871. The third-order valence-corrected chi connectivity index (χ3v) is 13.0. The number of hydrogen-bond acceptors (Lipinski definition) is 2. The van der Waals surface area contributed by atoms with Crippen LogP contribution in [0.4, 0.5) is 0 Å². The zero-order valence-electron chi connectivity index (χ0n) is 32.4. The number of benzene rings is 14. The fraction of sp³-hybridized carbons (Fsp3) is 0. The van der Waals surface area contributed by atoms with Crippen LogP contribution in [0.3, 0.4) is 0 Å². The van der Waals surface area contributed by atoms with Crippen molar-refractivity contribution >= 4 is 97.0 Å². The van der Waals surface area contributed by atoms with Gasteiger partial charge in [0.05, 0.1) is 0 Å². The predicted octanol–water partition coefficient (Wildman–Crippen LogP) is 15.9. The van der Waals surface area contributed by atoms with Crippen LogP contribution in [-0.2, 0) is 0 Å². The third-order valence-electron chi connectivity index (χ3n) is 13.0. The second-order valence-corrected chi connectivity index (χ2v) is 16.5. The van der Waals surface area contributed by atoms with Crippen LogP contribution in [-0.4, -0.2) is 10.2 Å². The number of rotatable bonds is 3. The molecule has 0 amide bonds. The molecule has 0 radical (unpaired) electrons. The zero-order chi connectivity index (χ0) is 39.6. The van der Waals surface area contributed by atoms with Crippen molar-refractivity contribution in [2.45, 2.75) is 0 Å². The first-order valence-electron chi connectivity index (χ1n) is 20.5. The van der Waals surface area contributed by atoms with Crippen molar-refractivity contribution < 1.29 is 10.2 Å². The molecule has 2 bridgehead atoms. The Labute approximate surface area is 344 Å². The molecule has 0 spiro atoms. The molecule has 60 heavy (non-hydrogen) atoms. The molecule has 0 saturated carbocycles. The van der Waals surface area contributed by atoms with Crippen molar-refractivity contribution in [2.75, 3.05) is 0 Å². The summed E-state index contributed by atoms with van der Waals surface area (Å²) in [7, 11) is 0. The summed E-state index contributed by atoms with van der Waals surface area (Å²) in [5, 5.41) is 42.5. The molecule has 0 aliphatic heterocycles. The highest BCUT2D eigenvalue weighted by molar-refractivity contribution is 6.32. The van der Waals surface area contributed by atoms with E-state index in [0.29, 0.717) is 10.8 Å². The van der Waals surface area contributed by atoms with Gasteiger partial charge >= 0.3 is 0 Å². The van der Waals surface area contributed by atoms with Gasteiger partial charge in [-0.3, -0.25) is 0 Å². The molecule has 0 aliphatic carbocycles. The van der Waals surface area contributed by atoms with Crippen molar-refractivity contribution in [1.29, 1.82) is 0 Å². The van der Waals surface area contributed by atoms with E-state index in [1.807, 2.05) is 0 Å². The van der Waals surface area contributed by atoms with E-state index in [1.165, 1.54) is 75.8 Å². The molecule has 0 aliphatic rings. The van der Waals surface area contributed by atoms with Crippen LogP contribution < -0.4 is 0 Å². The number of phenols is 4. The minimum absolute atomic E-state index is 0.0603. The van der Waals surface area contributed by atoms with Crippen LogP contribution in [0.2, 0.25) is 0 Å². The molecule has 2 N–H and O–H groups in total. The molecule has 0 unspecified atom stereocenters. The molecule has 2 nitrogen and oxygen atoms in total. The van der Waals surface area contributed by atoms with Crippen LogP contribution in [0.25, 0.3) is 130 Å². The second-order valence-electron chi connectivity index (χ2n) is 16.5. The van der Waals surface area contributed by atoms with Crippen LogP contribution in [0, 0.1) is 0 Å². The standard InChI is InChI=1S/C58H34O2/c59-57-55-52-20-18-46(32-54(52)56(58(57)60)51-19-17-45(31-53(51)55)39-11-14-42-22-34-6-2-4-8-36(34)24-48(42)27-39)40-12-16-44-29-49-26-38(10-15-43(49)30-50(44)28-40)37-9-13-41-21-33-5-1-3-7-35(33)23-47(41)25-37/h1-32,59-60H. The summed E-state index contributed by atoms with van der Waals surface area (Å²) in [5.41, 5.74) is 6.75. The van der Waals surface area contributed by atoms with Gasteiger partial charge in [-0.1, -0.05) is 121 Å². The minimum atomic E-state index is -0.0611. The van der Waals surface area contributed by atoms with Gasteiger partial charge in [-0.15, -0.1) is 0 Å². The van der Waals surface area contributed by atoms with Gasteiger partial charge in [0.1, 0.15) is 0 Å². The Hall–Kier alpha value is -7.94. The zero-order valence-corrected chi connectivity index (χ0v) is 32.4. The molecule has 278 valence electrons. The predicted molar refractivity (Wildman–Crippen MR) is 255 cm³/mol. The topological polar surface area (TPSA) is 40.5 Å². The highest BCUT2D eigenvalue weighted by Crippen LogP contribution is 2.51. The molecule has 0 heterocycles. The molecule has 0 fully saturated rings. The van der Waals surface area contributed by atoms with Gasteiger partial charge < -0.3 is 10.2 Å². The molecular formula is C58H34O2. The number of hydrogen-bond donors (Lipinski definition) is 2. The molecular weight excluding hydrogens is 729 g/mol. The first-order valence-corrected chi connectivity index (χ1v) is 20.5. The lowest BCUT2D eigenvalue weighted by molar-refractivity contribution is 0.412. The average molecular weight is 763 g/mol. The highest BCUT2D eigenvalue weighted by atomic mass is 16.3. The lowest BCUT2D eigenvalue weighted by Gasteiger charge is -2.18. The summed E-state index contributed by atoms with van der Waals surface area (Å²) in [6.45, 7) is 0. The van der Waals surface area contributed by atoms with E-state index < -0.39 is 0 Å². The quantitative estimate of drug-likeness (QED) is 0.139. The van der Waals surface area contributed by atoms with E-state index >= 15 is 0 Å². The Kier molecular flexibility index (Phi) is 6.77. The summed E-state index contributed by atoms with van der Waals surface area (Å²) >= 11 is 0. The van der Waals surface area contributed by atoms with Crippen LogP contribution in [0.1, 0.15) is 0 Å². The molecule has 0 atom stereocenters. The van der Waals surface area contributed by atoms with E-state index in [0.717, 1.165) is 43.8 Å². The maximum Gasteiger partial charge on any atom is 0.166 e. The van der Waals surface area contributed by atoms with Gasteiger partial charge in [0.2, 0.25) is 0 Å². The highest BCUT2D eigenvalue weighted by Gasteiger charge is 2.22. The van der Waals surface area contributed by atoms with Gasteiger partial charge in [0.25, 0.3) is 0 Å². The fourth-order valence-corrected chi connectivity index (χ4v) is 9.93. The van der Waals surface area contributed by atoms with Crippen LogP contribution in [0.15, 0.2) is 194 Å². The lowest BCUT2D eigenvalue weighted by atomic mass is 9.87. The van der Waals surface area contributed by atoms with Crippen molar-refractivity contribution in [2.24, 2.45) is 0 Å². The molecule has 2 heteroatoms. The van der Waals surface area contributed by atoms with Gasteiger partial charge in [-0.2, -0.15) is 0 Å². The largest absolute Gasteiger partial charge is 0.504 e. The van der Waals surface area contributed by atoms with Crippen LogP contribution in [0.5, 0.6) is 11.5 Å². The van der Waals surface area contributed by atoms with Gasteiger partial charge in [0.15, 0.2) is 11.5 Å². The normalized spacial score (nSPS) is 12.1. The molecule has 14 aromatic carbocycles. The third kappa shape index (κ3) is 4.95. The van der Waals surface area contributed by atoms with Gasteiger partial charge in [-0.25, -0.2) is 0 Å². The Morgan fingerprint density at radius 2 is 0.450 bits per heavy atom. The van der Waals surface area contributed by atoms with Gasteiger partial charge in [0, 0.05) is 10.8 Å². The number of aromatic hydroxyl groups is 2. The maximum atomic E-state index is 11.4. The van der Waals surface area contributed by atoms with Crippen molar-refractivity contribution in [3.05, 3.63) is 194 Å². The first-order chi connectivity index (χ1) is 29.5. The second kappa shape index (κ2) is 12.3. The Bertz CT molecular complexity index is 3970. The fourth-order valence-electron chi connectivity index (χ4n) is 9.93. The number of phenolic OH excluding ortho intramolecular Hbond substituents is 2. The van der Waals surface area contributed by atoms with Crippen LogP contribution >= 0.6 is 0 Å². The Morgan fingerprint density at radius 1 is 0.200 bits per heavy atom. The summed E-state index contributed by atoms with van der Waals surface area (Å²) in [4.78, 5) is 0. The van der Waals surface area contributed by atoms with Gasteiger partial charge in [-0.05, 0) is 192 Å². The number of fused-ring (bicyclic) bond motifs is 7. The SMILES string of the molecule is Oc1c(O)c2c3ccc(-c4ccc5cc6ccccc6cc5c4)cc3c1c1ccc(-c3ccc4cc5cc(-c6ccc7cc8ccccc8cc7c6)ccc5cc4c3)cc12. The van der Waals surface area contributed by atoms with Crippen molar-refractivity contribution in [3.8, 4) is 44.9 Å². The van der Waals surface area contributed by atoms with E-state index in [1.54, 1.807) is 0 Å². The molecule has 0 aromatic heterocycles. The summed E-state index contributed by atoms with van der Waals surface area (Å²) in [6.07, 6.45) is 0. The minimum Gasteiger partial charge on any atom is -0.504 e. The molecule has 14 rings (SSSR count). The maximum absolute atomic E-state index is 11.4. The summed E-state index contributed by atoms with van der Waals surface area (Å²) in [6, 6.07) is 70.2. The van der Waals surface area contributed by atoms with Crippen molar-refractivity contribution in [1.82, 2.24) is 0 Å².